The second-order valence-electron chi connectivity index (χ2n) is 7.39. The summed E-state index contributed by atoms with van der Waals surface area (Å²) in [5.74, 6) is -0.783. The average Bonchev–Trinajstić information content (AvgIpc) is 2.74. The van der Waals surface area contributed by atoms with E-state index >= 15 is 0 Å². The van der Waals surface area contributed by atoms with Gasteiger partial charge < -0.3 is 14.6 Å². The minimum atomic E-state index is -4.55. The summed E-state index contributed by atoms with van der Waals surface area (Å²) in [4.78, 5) is 13.5. The number of likely N-dealkylation sites (tertiary alicyclic amines) is 1. The highest BCUT2D eigenvalue weighted by Crippen LogP contribution is 2.44. The number of alkyl halides is 3. The number of para-hydroxylation sites is 1. The monoisotopic (exact) mass is 457 g/mol. The Kier molecular flexibility index (Phi) is 7.01. The molecule has 2 atom stereocenters. The van der Waals surface area contributed by atoms with E-state index in [1.165, 1.54) is 20.3 Å². The summed E-state index contributed by atoms with van der Waals surface area (Å²) < 4.78 is 51.3. The zero-order valence-corrected chi connectivity index (χ0v) is 17.8. The molecule has 5 nitrogen and oxygen atoms in total. The summed E-state index contributed by atoms with van der Waals surface area (Å²) in [7, 11) is 2.91. The quantitative estimate of drug-likeness (QED) is 0.641. The number of carboxylic acid groups (broad SMARTS) is 1. The lowest BCUT2D eigenvalue weighted by Crippen LogP contribution is -2.41. The summed E-state index contributed by atoms with van der Waals surface area (Å²) in [6.45, 7) is 0.675. The summed E-state index contributed by atoms with van der Waals surface area (Å²) in [6, 6.07) is 7.55. The number of methoxy groups -OCH3 is 2. The SMILES string of the molecule is COc1cccc(C(c2cc(C(F)(F)F)ccc2Cl)N2CCCC(C(=O)O)C2)c1OC. The van der Waals surface area contributed by atoms with Crippen molar-refractivity contribution in [2.75, 3.05) is 27.3 Å². The molecule has 0 aromatic heterocycles. The van der Waals surface area contributed by atoms with Gasteiger partial charge in [-0.2, -0.15) is 13.2 Å². The van der Waals surface area contributed by atoms with Crippen LogP contribution in [0.3, 0.4) is 0 Å². The number of nitrogens with zero attached hydrogens (tertiary/aromatic N) is 1. The molecule has 1 N–H and O–H groups in total. The van der Waals surface area contributed by atoms with Gasteiger partial charge in [0, 0.05) is 17.1 Å². The Morgan fingerprint density at radius 2 is 1.94 bits per heavy atom. The van der Waals surface area contributed by atoms with Crippen molar-refractivity contribution in [1.82, 2.24) is 4.90 Å². The van der Waals surface area contributed by atoms with E-state index in [4.69, 9.17) is 21.1 Å². The fraction of sp³-hybridized carbons (Fsp3) is 0.409. The van der Waals surface area contributed by atoms with Crippen molar-refractivity contribution in [2.45, 2.75) is 25.1 Å². The number of hydrogen-bond acceptors (Lipinski definition) is 4. The Labute approximate surface area is 183 Å². The molecule has 0 saturated carbocycles. The number of carbonyl (C=O) groups is 1. The van der Waals surface area contributed by atoms with Crippen molar-refractivity contribution >= 4 is 17.6 Å². The molecule has 168 valence electrons. The maximum absolute atomic E-state index is 13.5. The molecule has 0 amide bonds. The van der Waals surface area contributed by atoms with Crippen molar-refractivity contribution in [3.8, 4) is 11.5 Å². The number of halogens is 4. The number of hydrogen-bond donors (Lipinski definition) is 1. The minimum absolute atomic E-state index is 0.153. The third kappa shape index (κ3) is 4.91. The lowest BCUT2D eigenvalue weighted by Gasteiger charge is -2.38. The number of piperidine rings is 1. The molecule has 2 unspecified atom stereocenters. The fourth-order valence-electron chi connectivity index (χ4n) is 4.06. The third-order valence-electron chi connectivity index (χ3n) is 5.51. The zero-order chi connectivity index (χ0) is 22.8. The van der Waals surface area contributed by atoms with Crippen LogP contribution in [-0.2, 0) is 11.0 Å². The van der Waals surface area contributed by atoms with Crippen LogP contribution in [0.4, 0.5) is 13.2 Å². The second-order valence-corrected chi connectivity index (χ2v) is 7.80. The van der Waals surface area contributed by atoms with Gasteiger partial charge in [-0.25, -0.2) is 0 Å². The smallest absolute Gasteiger partial charge is 0.416 e. The standard InChI is InChI=1S/C22H23ClF3NO4/c1-30-18-7-3-6-15(20(18)31-2)19(27-10-4-5-13(12-27)21(28)29)16-11-14(22(24,25)26)8-9-17(16)23/h3,6-9,11,13,19H,4-5,10,12H2,1-2H3,(H,28,29). The van der Waals surface area contributed by atoms with Gasteiger partial charge in [-0.1, -0.05) is 23.7 Å². The van der Waals surface area contributed by atoms with Crippen LogP contribution in [0.15, 0.2) is 36.4 Å². The van der Waals surface area contributed by atoms with Crippen LogP contribution in [0.1, 0.15) is 35.6 Å². The first-order chi connectivity index (χ1) is 14.7. The van der Waals surface area contributed by atoms with Crippen LogP contribution in [-0.4, -0.2) is 43.3 Å². The van der Waals surface area contributed by atoms with Gasteiger partial charge in [0.25, 0.3) is 0 Å². The molecular weight excluding hydrogens is 435 g/mol. The molecule has 1 fully saturated rings. The zero-order valence-electron chi connectivity index (χ0n) is 17.1. The highest BCUT2D eigenvalue weighted by molar-refractivity contribution is 6.31. The normalized spacial score (nSPS) is 18.5. The third-order valence-corrected chi connectivity index (χ3v) is 5.86. The summed E-state index contributed by atoms with van der Waals surface area (Å²) >= 11 is 6.40. The Morgan fingerprint density at radius 3 is 2.55 bits per heavy atom. The van der Waals surface area contributed by atoms with E-state index in [1.54, 1.807) is 18.2 Å². The van der Waals surface area contributed by atoms with Gasteiger partial charge in [-0.3, -0.25) is 9.69 Å². The Morgan fingerprint density at radius 1 is 1.19 bits per heavy atom. The molecule has 0 bridgehead atoms. The predicted molar refractivity (Wildman–Crippen MR) is 110 cm³/mol. The summed E-state index contributed by atoms with van der Waals surface area (Å²) in [5.41, 5.74) is -0.0475. The molecule has 1 aliphatic rings. The van der Waals surface area contributed by atoms with Crippen molar-refractivity contribution in [3.63, 3.8) is 0 Å². The van der Waals surface area contributed by atoms with Gasteiger partial charge in [-0.05, 0) is 49.2 Å². The molecule has 2 aromatic carbocycles. The lowest BCUT2D eigenvalue weighted by atomic mass is 9.90. The Hall–Kier alpha value is -2.45. The minimum Gasteiger partial charge on any atom is -0.493 e. The van der Waals surface area contributed by atoms with E-state index in [2.05, 4.69) is 0 Å². The Bertz CT molecular complexity index is 951. The predicted octanol–water partition coefficient (Wildman–Crippen LogP) is 5.26. The second kappa shape index (κ2) is 9.36. The van der Waals surface area contributed by atoms with Crippen molar-refractivity contribution < 1.29 is 32.5 Å². The molecule has 31 heavy (non-hydrogen) atoms. The topological polar surface area (TPSA) is 59.0 Å². The largest absolute Gasteiger partial charge is 0.493 e. The molecule has 1 saturated heterocycles. The van der Waals surface area contributed by atoms with Crippen LogP contribution in [0, 0.1) is 5.92 Å². The van der Waals surface area contributed by atoms with E-state index in [0.717, 1.165) is 12.1 Å². The first kappa shape index (κ1) is 23.2. The molecule has 3 rings (SSSR count). The molecule has 0 radical (unpaired) electrons. The van der Waals surface area contributed by atoms with E-state index in [-0.39, 0.29) is 17.1 Å². The molecule has 2 aromatic rings. The van der Waals surface area contributed by atoms with Gasteiger partial charge in [0.15, 0.2) is 11.5 Å². The number of carboxylic acids is 1. The fourth-order valence-corrected chi connectivity index (χ4v) is 4.28. The van der Waals surface area contributed by atoms with Crippen molar-refractivity contribution in [2.24, 2.45) is 5.92 Å². The molecule has 1 heterocycles. The van der Waals surface area contributed by atoms with Crippen LogP contribution in [0.5, 0.6) is 11.5 Å². The summed E-state index contributed by atoms with van der Waals surface area (Å²) in [5, 5.41) is 9.67. The van der Waals surface area contributed by atoms with Gasteiger partial charge >= 0.3 is 12.1 Å². The van der Waals surface area contributed by atoms with Crippen molar-refractivity contribution in [1.29, 1.82) is 0 Å². The number of benzene rings is 2. The first-order valence-corrected chi connectivity index (χ1v) is 10.1. The van der Waals surface area contributed by atoms with Gasteiger partial charge in [0.1, 0.15) is 0 Å². The van der Waals surface area contributed by atoms with Gasteiger partial charge in [-0.15, -0.1) is 0 Å². The van der Waals surface area contributed by atoms with Gasteiger partial charge in [0.2, 0.25) is 0 Å². The summed E-state index contributed by atoms with van der Waals surface area (Å²) in [6.07, 6.45) is -3.45. The highest BCUT2D eigenvalue weighted by Gasteiger charge is 2.36. The molecular formula is C22H23ClF3NO4. The van der Waals surface area contributed by atoms with E-state index in [0.29, 0.717) is 36.4 Å². The maximum atomic E-state index is 13.5. The first-order valence-electron chi connectivity index (χ1n) is 9.71. The molecule has 1 aliphatic heterocycles. The van der Waals surface area contributed by atoms with E-state index < -0.39 is 29.7 Å². The highest BCUT2D eigenvalue weighted by atomic mass is 35.5. The van der Waals surface area contributed by atoms with Crippen LogP contribution in [0.25, 0.3) is 0 Å². The van der Waals surface area contributed by atoms with Crippen LogP contribution in [0.2, 0.25) is 5.02 Å². The maximum Gasteiger partial charge on any atom is 0.416 e. The molecule has 0 aliphatic carbocycles. The van der Waals surface area contributed by atoms with Gasteiger partial charge in [0.05, 0.1) is 31.7 Å². The van der Waals surface area contributed by atoms with Crippen LogP contribution >= 0.6 is 11.6 Å². The number of rotatable bonds is 6. The number of aliphatic carboxylic acids is 1. The van der Waals surface area contributed by atoms with E-state index in [9.17, 15) is 23.1 Å². The van der Waals surface area contributed by atoms with Crippen LogP contribution < -0.4 is 9.47 Å². The molecule has 0 spiro atoms. The van der Waals surface area contributed by atoms with E-state index in [1.807, 2.05) is 4.90 Å². The number of ether oxygens (including phenoxy) is 2. The van der Waals surface area contributed by atoms with Crippen molar-refractivity contribution in [3.05, 3.63) is 58.1 Å². The average molecular weight is 458 g/mol. The Balaban J connectivity index is 2.21. The lowest BCUT2D eigenvalue weighted by molar-refractivity contribution is -0.143. The molecule has 9 heteroatoms.